The Morgan fingerprint density at radius 2 is 1.24 bits per heavy atom. The van der Waals surface area contributed by atoms with Crippen LogP contribution in [0.25, 0.3) is 0 Å². The summed E-state index contributed by atoms with van der Waals surface area (Å²) in [6.45, 7) is 9.24. The summed E-state index contributed by atoms with van der Waals surface area (Å²) >= 11 is 0. The zero-order chi connectivity index (χ0) is 15.5. The average Bonchev–Trinajstić information content (AvgIpc) is 2.48. The van der Waals surface area contributed by atoms with Crippen LogP contribution >= 0.6 is 0 Å². The standard InChI is InChI=1S/C20H24Si/c1-6-17(2)21(20(3,4)5,18-13-9-7-10-14-18)19-15-11-8-12-16-19/h1,7-17H,2-5H3. The summed E-state index contributed by atoms with van der Waals surface area (Å²) in [7, 11) is -2.09. The minimum atomic E-state index is -2.09. The highest BCUT2D eigenvalue weighted by atomic mass is 28.3. The first kappa shape index (κ1) is 15.6. The van der Waals surface area contributed by atoms with Crippen molar-refractivity contribution in [2.75, 3.05) is 0 Å². The van der Waals surface area contributed by atoms with Crippen molar-refractivity contribution in [2.45, 2.75) is 38.3 Å². The van der Waals surface area contributed by atoms with Gasteiger partial charge < -0.3 is 0 Å². The Labute approximate surface area is 130 Å². The first-order chi connectivity index (χ1) is 9.94. The molecule has 0 spiro atoms. The molecule has 0 amide bonds. The lowest BCUT2D eigenvalue weighted by Gasteiger charge is -2.46. The van der Waals surface area contributed by atoms with Gasteiger partial charge in [0.1, 0.15) is 8.07 Å². The van der Waals surface area contributed by atoms with Gasteiger partial charge in [-0.1, -0.05) is 98.7 Å². The zero-order valence-corrected chi connectivity index (χ0v) is 14.4. The van der Waals surface area contributed by atoms with Gasteiger partial charge in [0.05, 0.1) is 0 Å². The Morgan fingerprint density at radius 3 is 1.52 bits per heavy atom. The topological polar surface area (TPSA) is 0 Å². The first-order valence-corrected chi connectivity index (χ1v) is 9.59. The highest BCUT2D eigenvalue weighted by molar-refractivity contribution is 7.05. The van der Waals surface area contributed by atoms with Crippen LogP contribution in [0.5, 0.6) is 0 Å². The van der Waals surface area contributed by atoms with Crippen molar-refractivity contribution >= 4 is 18.4 Å². The van der Waals surface area contributed by atoms with E-state index in [1.165, 1.54) is 10.4 Å². The van der Waals surface area contributed by atoms with Gasteiger partial charge in [0, 0.05) is 5.54 Å². The molecule has 0 heterocycles. The molecule has 2 rings (SSSR count). The molecule has 2 aromatic carbocycles. The maximum atomic E-state index is 5.91. The van der Waals surface area contributed by atoms with Gasteiger partial charge in [0.2, 0.25) is 0 Å². The molecule has 0 nitrogen and oxygen atoms in total. The largest absolute Gasteiger partial charge is 0.137 e. The molecule has 0 aliphatic rings. The summed E-state index contributed by atoms with van der Waals surface area (Å²) in [5, 5.41) is 2.99. The van der Waals surface area contributed by atoms with Gasteiger partial charge in [-0.05, 0) is 5.04 Å². The molecule has 1 unspecified atom stereocenters. The summed E-state index contributed by atoms with van der Waals surface area (Å²) in [6, 6.07) is 21.7. The van der Waals surface area contributed by atoms with Crippen LogP contribution in [0, 0.1) is 12.3 Å². The number of benzene rings is 2. The lowest BCUT2D eigenvalue weighted by Crippen LogP contribution is -2.66. The third-order valence-electron chi connectivity index (χ3n) is 4.54. The van der Waals surface area contributed by atoms with E-state index in [-0.39, 0.29) is 10.6 Å². The zero-order valence-electron chi connectivity index (χ0n) is 13.4. The predicted molar refractivity (Wildman–Crippen MR) is 95.9 cm³/mol. The highest BCUT2D eigenvalue weighted by Crippen LogP contribution is 2.42. The van der Waals surface area contributed by atoms with E-state index in [9.17, 15) is 0 Å². The molecule has 108 valence electrons. The van der Waals surface area contributed by atoms with Crippen molar-refractivity contribution < 1.29 is 0 Å². The third-order valence-corrected chi connectivity index (χ3v) is 10.9. The fraction of sp³-hybridized carbons (Fsp3) is 0.300. The molecule has 21 heavy (non-hydrogen) atoms. The predicted octanol–water partition coefficient (Wildman–Crippen LogP) is 4.07. The van der Waals surface area contributed by atoms with Crippen LogP contribution in [0.2, 0.25) is 10.6 Å². The summed E-state index contributed by atoms with van der Waals surface area (Å²) in [4.78, 5) is 0. The molecule has 0 saturated carbocycles. The minimum Gasteiger partial charge on any atom is -0.120 e. The van der Waals surface area contributed by atoms with E-state index in [0.717, 1.165) is 0 Å². The minimum absolute atomic E-state index is 0.140. The summed E-state index contributed by atoms with van der Waals surface area (Å²) in [6.07, 6.45) is 5.91. The molecule has 0 saturated heterocycles. The van der Waals surface area contributed by atoms with E-state index in [1.54, 1.807) is 0 Å². The Morgan fingerprint density at radius 1 is 0.857 bits per heavy atom. The lowest BCUT2D eigenvalue weighted by molar-refractivity contribution is 0.719. The summed E-state index contributed by atoms with van der Waals surface area (Å²) < 4.78 is 0. The van der Waals surface area contributed by atoms with Crippen molar-refractivity contribution in [2.24, 2.45) is 0 Å². The van der Waals surface area contributed by atoms with Gasteiger partial charge in [-0.25, -0.2) is 0 Å². The summed E-state index contributed by atoms with van der Waals surface area (Å²) in [5.41, 5.74) is 0.238. The molecule has 0 aliphatic carbocycles. The third kappa shape index (κ3) is 2.57. The number of hydrogen-bond acceptors (Lipinski definition) is 0. The van der Waals surface area contributed by atoms with Crippen LogP contribution in [0.3, 0.4) is 0 Å². The van der Waals surface area contributed by atoms with E-state index < -0.39 is 8.07 Å². The molecule has 2 aromatic rings. The Hall–Kier alpha value is -1.78. The maximum absolute atomic E-state index is 5.91. The molecule has 0 bridgehead atoms. The SMILES string of the molecule is C#CC(C)[Si](c1ccccc1)(c1ccccc1)C(C)(C)C. The van der Waals surface area contributed by atoms with E-state index in [4.69, 9.17) is 6.42 Å². The second-order valence-electron chi connectivity index (χ2n) is 6.68. The van der Waals surface area contributed by atoms with Gasteiger partial charge in [0.15, 0.2) is 0 Å². The Kier molecular flexibility index (Phi) is 4.39. The Balaban J connectivity index is 2.83. The first-order valence-electron chi connectivity index (χ1n) is 7.51. The van der Waals surface area contributed by atoms with Crippen molar-refractivity contribution in [3.05, 3.63) is 60.7 Å². The number of terminal acetylenes is 1. The van der Waals surface area contributed by atoms with Crippen molar-refractivity contribution in [3.63, 3.8) is 0 Å². The Bertz CT molecular complexity index is 575. The molecule has 0 fully saturated rings. The number of rotatable bonds is 3. The van der Waals surface area contributed by atoms with Crippen LogP contribution in [-0.4, -0.2) is 8.07 Å². The van der Waals surface area contributed by atoms with Gasteiger partial charge >= 0.3 is 0 Å². The number of hydrogen-bond donors (Lipinski definition) is 0. The van der Waals surface area contributed by atoms with E-state index >= 15 is 0 Å². The van der Waals surface area contributed by atoms with Crippen LogP contribution < -0.4 is 10.4 Å². The van der Waals surface area contributed by atoms with Gasteiger partial charge in [-0.15, -0.1) is 12.3 Å². The van der Waals surface area contributed by atoms with Crippen LogP contribution in [0.4, 0.5) is 0 Å². The fourth-order valence-corrected chi connectivity index (χ4v) is 9.76. The molecular formula is C20H24Si. The second-order valence-corrected chi connectivity index (χ2v) is 11.8. The van der Waals surface area contributed by atoms with Crippen LogP contribution in [0.15, 0.2) is 60.7 Å². The van der Waals surface area contributed by atoms with Crippen LogP contribution in [0.1, 0.15) is 27.7 Å². The van der Waals surface area contributed by atoms with Gasteiger partial charge in [0.25, 0.3) is 0 Å². The highest BCUT2D eigenvalue weighted by Gasteiger charge is 2.50. The molecule has 0 N–H and O–H groups in total. The molecular weight excluding hydrogens is 268 g/mol. The van der Waals surface area contributed by atoms with E-state index in [2.05, 4.69) is 94.3 Å². The van der Waals surface area contributed by atoms with Crippen LogP contribution in [-0.2, 0) is 0 Å². The fourth-order valence-electron chi connectivity index (χ4n) is 3.71. The molecule has 1 atom stereocenters. The van der Waals surface area contributed by atoms with Gasteiger partial charge in [-0.3, -0.25) is 0 Å². The van der Waals surface area contributed by atoms with Gasteiger partial charge in [-0.2, -0.15) is 0 Å². The normalized spacial score (nSPS) is 13.5. The quantitative estimate of drug-likeness (QED) is 0.591. The lowest BCUT2D eigenvalue weighted by atomic mass is 10.2. The molecule has 0 aromatic heterocycles. The monoisotopic (exact) mass is 292 g/mol. The molecule has 0 radical (unpaired) electrons. The van der Waals surface area contributed by atoms with Crippen molar-refractivity contribution in [1.29, 1.82) is 0 Å². The van der Waals surface area contributed by atoms with Crippen molar-refractivity contribution in [3.8, 4) is 12.3 Å². The van der Waals surface area contributed by atoms with E-state index in [1.807, 2.05) is 0 Å². The van der Waals surface area contributed by atoms with Crippen molar-refractivity contribution in [1.82, 2.24) is 0 Å². The average molecular weight is 292 g/mol. The maximum Gasteiger partial charge on any atom is 0.137 e. The second kappa shape index (κ2) is 5.91. The van der Waals surface area contributed by atoms with E-state index in [0.29, 0.717) is 0 Å². The molecule has 0 aliphatic heterocycles. The smallest absolute Gasteiger partial charge is 0.120 e. The summed E-state index contributed by atoms with van der Waals surface area (Å²) in [5.74, 6) is 3.07. The molecule has 1 heteroatoms.